The summed E-state index contributed by atoms with van der Waals surface area (Å²) in [6.45, 7) is 7.81. The molecular formula is C21H21NO2S. The van der Waals surface area contributed by atoms with Crippen LogP contribution in [0.3, 0.4) is 0 Å². The average molecular weight is 351 g/mol. The van der Waals surface area contributed by atoms with Crippen LogP contribution in [0.2, 0.25) is 0 Å². The van der Waals surface area contributed by atoms with E-state index in [-0.39, 0.29) is 11.4 Å². The van der Waals surface area contributed by atoms with Gasteiger partial charge in [0.05, 0.1) is 17.1 Å². The molecule has 0 fully saturated rings. The molecule has 0 aliphatic carbocycles. The molecule has 0 amide bonds. The molecule has 0 atom stereocenters. The van der Waals surface area contributed by atoms with Gasteiger partial charge in [0.15, 0.2) is 0 Å². The van der Waals surface area contributed by atoms with Gasteiger partial charge in [0.2, 0.25) is 0 Å². The third-order valence-corrected chi connectivity index (χ3v) is 6.05. The Labute approximate surface area is 149 Å². The molecule has 3 aromatic carbocycles. The number of rotatable bonds is 5. The number of para-hydroxylation sites is 1. The summed E-state index contributed by atoms with van der Waals surface area (Å²) in [6.07, 6.45) is 1.62. The molecule has 0 heterocycles. The zero-order chi connectivity index (χ0) is 18.0. The van der Waals surface area contributed by atoms with Gasteiger partial charge in [0.25, 0.3) is 10.0 Å². The van der Waals surface area contributed by atoms with Crippen LogP contribution in [0.5, 0.6) is 0 Å². The van der Waals surface area contributed by atoms with Gasteiger partial charge in [0.1, 0.15) is 0 Å². The van der Waals surface area contributed by atoms with Crippen molar-refractivity contribution in [2.45, 2.75) is 18.7 Å². The quantitative estimate of drug-likeness (QED) is 0.617. The average Bonchev–Trinajstić information content (AvgIpc) is 2.60. The lowest BCUT2D eigenvalue weighted by atomic mass is 10.1. The van der Waals surface area contributed by atoms with Gasteiger partial charge in [-0.25, -0.2) is 8.42 Å². The molecule has 3 aromatic rings. The zero-order valence-corrected chi connectivity index (χ0v) is 15.3. The molecule has 128 valence electrons. The van der Waals surface area contributed by atoms with Crippen molar-refractivity contribution in [1.29, 1.82) is 0 Å². The van der Waals surface area contributed by atoms with E-state index in [4.69, 9.17) is 0 Å². The highest BCUT2D eigenvalue weighted by molar-refractivity contribution is 7.92. The molecule has 0 aliphatic heterocycles. The van der Waals surface area contributed by atoms with E-state index in [9.17, 15) is 8.42 Å². The number of aryl methyl sites for hydroxylation is 2. The summed E-state index contributed by atoms with van der Waals surface area (Å²) in [5.74, 6) is 0. The molecule has 0 saturated heterocycles. The van der Waals surface area contributed by atoms with Crippen molar-refractivity contribution in [3.8, 4) is 0 Å². The van der Waals surface area contributed by atoms with E-state index < -0.39 is 10.0 Å². The van der Waals surface area contributed by atoms with Crippen LogP contribution in [-0.4, -0.2) is 15.0 Å². The van der Waals surface area contributed by atoms with Crippen molar-refractivity contribution in [2.75, 3.05) is 10.8 Å². The van der Waals surface area contributed by atoms with Crippen LogP contribution in [0.15, 0.2) is 78.2 Å². The molecule has 4 heteroatoms. The van der Waals surface area contributed by atoms with E-state index in [0.717, 1.165) is 27.6 Å². The van der Waals surface area contributed by atoms with Gasteiger partial charge in [-0.3, -0.25) is 4.31 Å². The normalized spacial score (nSPS) is 11.4. The minimum absolute atomic E-state index is 0.223. The number of anilines is 1. The highest BCUT2D eigenvalue weighted by Crippen LogP contribution is 2.31. The molecular weight excluding hydrogens is 330 g/mol. The molecule has 0 aliphatic rings. The highest BCUT2D eigenvalue weighted by Gasteiger charge is 2.26. The number of hydrogen-bond acceptors (Lipinski definition) is 2. The molecule has 0 unspecified atom stereocenters. The van der Waals surface area contributed by atoms with Gasteiger partial charge in [-0.05, 0) is 47.9 Å². The third-order valence-electron chi connectivity index (χ3n) is 4.29. The first-order valence-electron chi connectivity index (χ1n) is 8.14. The van der Waals surface area contributed by atoms with E-state index in [1.54, 1.807) is 18.2 Å². The van der Waals surface area contributed by atoms with Gasteiger partial charge in [-0.2, -0.15) is 0 Å². The highest BCUT2D eigenvalue weighted by atomic mass is 32.2. The Balaban J connectivity index is 2.18. The Bertz CT molecular complexity index is 1020. The Morgan fingerprint density at radius 3 is 2.20 bits per heavy atom. The van der Waals surface area contributed by atoms with Gasteiger partial charge in [-0.1, -0.05) is 54.6 Å². The zero-order valence-electron chi connectivity index (χ0n) is 14.4. The fourth-order valence-electron chi connectivity index (χ4n) is 3.08. The first-order valence-corrected chi connectivity index (χ1v) is 9.58. The number of sulfonamides is 1. The van der Waals surface area contributed by atoms with Gasteiger partial charge >= 0.3 is 0 Å². The number of hydrogen-bond donors (Lipinski definition) is 0. The van der Waals surface area contributed by atoms with E-state index in [1.165, 1.54) is 4.31 Å². The lowest BCUT2D eigenvalue weighted by molar-refractivity contribution is 0.592. The number of fused-ring (bicyclic) bond motifs is 1. The maximum atomic E-state index is 13.3. The fraction of sp³-hybridized carbons (Fsp3) is 0.143. The Kier molecular flexibility index (Phi) is 4.64. The Morgan fingerprint density at radius 1 is 0.920 bits per heavy atom. The van der Waals surface area contributed by atoms with Crippen LogP contribution < -0.4 is 4.31 Å². The molecule has 0 aromatic heterocycles. The van der Waals surface area contributed by atoms with E-state index in [0.29, 0.717) is 0 Å². The van der Waals surface area contributed by atoms with Crippen LogP contribution in [0.1, 0.15) is 11.1 Å². The second-order valence-electron chi connectivity index (χ2n) is 6.07. The maximum Gasteiger partial charge on any atom is 0.264 e. The summed E-state index contributed by atoms with van der Waals surface area (Å²) in [5.41, 5.74) is 2.56. The topological polar surface area (TPSA) is 37.4 Å². The summed E-state index contributed by atoms with van der Waals surface area (Å²) < 4.78 is 28.1. The van der Waals surface area contributed by atoms with Crippen molar-refractivity contribution >= 4 is 26.5 Å². The summed E-state index contributed by atoms with van der Waals surface area (Å²) in [7, 11) is -3.69. The van der Waals surface area contributed by atoms with Crippen molar-refractivity contribution in [3.63, 3.8) is 0 Å². The molecule has 0 bridgehead atoms. The molecule has 0 saturated carbocycles. The number of benzene rings is 3. The minimum Gasteiger partial charge on any atom is -0.262 e. The van der Waals surface area contributed by atoms with Crippen LogP contribution in [-0.2, 0) is 10.0 Å². The molecule has 3 nitrogen and oxygen atoms in total. The van der Waals surface area contributed by atoms with Crippen LogP contribution >= 0.6 is 0 Å². The standard InChI is InChI=1S/C21H21NO2S/c1-4-14-22(21-16(2)8-7-9-17(21)3)25(23,24)20-13-12-18-10-5-6-11-19(18)15-20/h4-13,15H,1,14H2,2-3H3. The monoisotopic (exact) mass is 351 g/mol. The lowest BCUT2D eigenvalue weighted by Crippen LogP contribution is -2.32. The van der Waals surface area contributed by atoms with Gasteiger partial charge in [-0.15, -0.1) is 6.58 Å². The second-order valence-corrected chi connectivity index (χ2v) is 7.94. The van der Waals surface area contributed by atoms with Crippen molar-refractivity contribution < 1.29 is 8.42 Å². The van der Waals surface area contributed by atoms with Crippen LogP contribution in [0.25, 0.3) is 10.8 Å². The van der Waals surface area contributed by atoms with E-state index in [2.05, 4.69) is 6.58 Å². The molecule has 0 spiro atoms. The molecule has 0 N–H and O–H groups in total. The Hall–Kier alpha value is -2.59. The summed E-state index contributed by atoms with van der Waals surface area (Å²) >= 11 is 0. The van der Waals surface area contributed by atoms with Gasteiger partial charge < -0.3 is 0 Å². The number of nitrogens with zero attached hydrogens (tertiary/aromatic N) is 1. The minimum atomic E-state index is -3.69. The predicted molar refractivity (Wildman–Crippen MR) is 105 cm³/mol. The SMILES string of the molecule is C=CCN(c1c(C)cccc1C)S(=O)(=O)c1ccc2ccccc2c1. The first-order chi connectivity index (χ1) is 11.9. The van der Waals surface area contributed by atoms with Crippen molar-refractivity contribution in [2.24, 2.45) is 0 Å². The summed E-state index contributed by atoms with van der Waals surface area (Å²) in [6, 6.07) is 18.8. The summed E-state index contributed by atoms with van der Waals surface area (Å²) in [5, 5.41) is 1.92. The molecule has 0 radical (unpaired) electrons. The predicted octanol–water partition coefficient (Wildman–Crippen LogP) is 4.84. The molecule has 25 heavy (non-hydrogen) atoms. The lowest BCUT2D eigenvalue weighted by Gasteiger charge is -2.26. The van der Waals surface area contributed by atoms with Crippen molar-refractivity contribution in [1.82, 2.24) is 0 Å². The second kappa shape index (κ2) is 6.73. The third kappa shape index (κ3) is 3.17. The fourth-order valence-corrected chi connectivity index (χ4v) is 4.68. The maximum absolute atomic E-state index is 13.3. The van der Waals surface area contributed by atoms with Crippen LogP contribution in [0, 0.1) is 13.8 Å². The van der Waals surface area contributed by atoms with Crippen LogP contribution in [0.4, 0.5) is 5.69 Å². The molecule has 3 rings (SSSR count). The van der Waals surface area contributed by atoms with E-state index in [1.807, 2.05) is 62.4 Å². The van der Waals surface area contributed by atoms with Gasteiger partial charge in [0, 0.05) is 0 Å². The first kappa shape index (κ1) is 17.2. The van der Waals surface area contributed by atoms with E-state index >= 15 is 0 Å². The Morgan fingerprint density at radius 2 is 1.56 bits per heavy atom. The largest absolute Gasteiger partial charge is 0.264 e. The smallest absolute Gasteiger partial charge is 0.262 e. The summed E-state index contributed by atoms with van der Waals surface area (Å²) in [4.78, 5) is 0.288. The van der Waals surface area contributed by atoms with Crippen molar-refractivity contribution in [3.05, 3.63) is 84.4 Å².